The van der Waals surface area contributed by atoms with Crippen LogP contribution in [0.2, 0.25) is 0 Å². The van der Waals surface area contributed by atoms with Gasteiger partial charge in [0.25, 0.3) is 0 Å². The Labute approximate surface area is 857 Å². The van der Waals surface area contributed by atoms with E-state index in [2.05, 4.69) is 180 Å². The van der Waals surface area contributed by atoms with Crippen molar-refractivity contribution in [3.05, 3.63) is 654 Å². The molecule has 22 rings (SSSR count). The highest BCUT2D eigenvalue weighted by Crippen LogP contribution is 2.55. The normalized spacial score (nSPS) is 12.4. The van der Waals surface area contributed by atoms with Crippen molar-refractivity contribution in [2.45, 2.75) is 6.42 Å². The van der Waals surface area contributed by atoms with Gasteiger partial charge in [-0.25, -0.2) is 0 Å². The minimum absolute atomic E-state index is 0.122. The fraction of sp³-hybridized carbons (Fsp3) is 0.00699. The summed E-state index contributed by atoms with van der Waals surface area (Å²) in [5.74, 6) is 49.1. The van der Waals surface area contributed by atoms with Crippen molar-refractivity contribution >= 4 is 78.4 Å². The third-order valence-electron chi connectivity index (χ3n) is 25.9. The summed E-state index contributed by atoms with van der Waals surface area (Å²) in [6.07, 6.45) is 0.641. The molecule has 147 heavy (non-hydrogen) atoms. The number of carbonyl (C=O) groups is 2. The quantitative estimate of drug-likeness (QED) is 0.0905. The van der Waals surface area contributed by atoms with E-state index in [1.54, 1.807) is 0 Å². The highest BCUT2D eigenvalue weighted by atomic mass is 16.5. The molecular weight excluding hydrogens is 1780 g/mol. The number of Topliss-reactive ketones (excluding diaryl/α,β-unsaturated/α-hetero) is 2. The van der Waals surface area contributed by atoms with Crippen molar-refractivity contribution in [3.63, 3.8) is 0 Å². The first-order valence-corrected chi connectivity index (χ1v) is 48.8. The second-order valence-electron chi connectivity index (χ2n) is 35.6. The minimum atomic E-state index is -0.124. The average molecular weight is 1870 g/mol. The fourth-order valence-electron chi connectivity index (χ4n) is 18.7. The van der Waals surface area contributed by atoms with Gasteiger partial charge in [-0.15, -0.1) is 0 Å². The maximum absolute atomic E-state index is 16.2. The summed E-state index contributed by atoms with van der Waals surface area (Å²) in [6.45, 7) is 0. The van der Waals surface area contributed by atoms with Crippen molar-refractivity contribution in [1.82, 2.24) is 0 Å². The summed E-state index contributed by atoms with van der Waals surface area (Å²) < 4.78 is 13.8. The number of ketones is 2. The SMILES string of the molecule is O=C1C(c2ccc(C#Cc3ccccc3)cc2)=C(c2ccc(C#Cc3ccccc3)cc2)C(c2ccc(Oc3ccc(C4=C(c5ccccc5)C(=O)C(c5ccc(C#Cc6ccccc6)cc5)=C4c4ccc(Oc5ccc(C6=C(c7ccc(C#Cc8ccccc8)cc7)CC(c7ccc(C#Cc8ccccc8)cc7)=C6c6ccc(C#Cc7ccccc7)cc6)cc5)cc4)cc3)cc2)=C1c1ccc(C#Cc2ccccc2)cc1. The molecule has 0 atom stereocenters. The van der Waals surface area contributed by atoms with E-state index in [0.29, 0.717) is 51.7 Å². The number of hydrogen-bond donors (Lipinski definition) is 0. The summed E-state index contributed by atoms with van der Waals surface area (Å²) in [7, 11) is 0. The first-order chi connectivity index (χ1) is 72.6. The van der Waals surface area contributed by atoms with Crippen LogP contribution in [-0.4, -0.2) is 11.6 Å². The predicted molar refractivity (Wildman–Crippen MR) is 600 cm³/mol. The molecule has 0 radical (unpaired) electrons. The standard InChI is InChI=1S/C143H86O4/c144-142-138(116-39-23-8-24-40-116)135(120-85-93-128(94-86-120)147-129-95-87-121(88-96-129)136-134(119-75-61-110(62-76-119)51-44-103-31-15-4-16-32-103)139(123-77-63-111(64-78-123)52-45-104-33-17-5-18-34-104)143(145)141(136)125-81-67-113(68-82-125)54-47-106-37-21-7-22-38-106)137(140(142)124-79-65-112(66-80-124)53-46-105-35-19-6-20-36-105)122-89-97-127(98-90-122)146-126-91-83-118(84-92-126)133-131(115-71-57-108(58-72-115)49-42-101-27-11-2-12-28-101)99-130(114-69-55-107(56-70-114)48-41-100-25-9-1-10-26-100)132(133)117-73-59-109(60-74-117)50-43-102-29-13-3-14-30-102/h1-40,55-98H,99H2. The van der Waals surface area contributed by atoms with E-state index in [9.17, 15) is 0 Å². The Morgan fingerprint density at radius 2 is 0.252 bits per heavy atom. The molecule has 0 amide bonds. The summed E-state index contributed by atoms with van der Waals surface area (Å²) in [5.41, 5.74) is 32.8. The van der Waals surface area contributed by atoms with Gasteiger partial charge in [-0.05, 0) is 314 Å². The van der Waals surface area contributed by atoms with Gasteiger partial charge in [0, 0.05) is 122 Å². The van der Waals surface area contributed by atoms with Crippen LogP contribution in [0.1, 0.15) is 151 Å². The molecule has 0 spiro atoms. The van der Waals surface area contributed by atoms with Gasteiger partial charge >= 0.3 is 0 Å². The van der Waals surface area contributed by atoms with Crippen molar-refractivity contribution < 1.29 is 19.1 Å². The van der Waals surface area contributed by atoms with E-state index in [1.807, 2.05) is 413 Å². The van der Waals surface area contributed by atoms with Gasteiger partial charge in [-0.1, -0.05) is 374 Å². The van der Waals surface area contributed by atoms with Gasteiger partial charge in [0.2, 0.25) is 0 Å². The first kappa shape index (κ1) is 91.6. The number of ether oxygens (including phenoxy) is 2. The van der Waals surface area contributed by atoms with Crippen molar-refractivity contribution in [2.24, 2.45) is 0 Å². The van der Waals surface area contributed by atoms with Crippen LogP contribution in [0.5, 0.6) is 23.0 Å². The average Bonchev–Trinajstić information content (AvgIpc) is 1.59. The maximum Gasteiger partial charge on any atom is 0.195 e. The van der Waals surface area contributed by atoms with E-state index < -0.39 is 0 Å². The second-order valence-corrected chi connectivity index (χ2v) is 35.6. The molecule has 682 valence electrons. The van der Waals surface area contributed by atoms with Gasteiger partial charge in [-0.3, -0.25) is 9.59 Å². The number of allylic oxidation sites excluding steroid dienone is 12. The van der Waals surface area contributed by atoms with E-state index in [0.717, 1.165) is 178 Å². The van der Waals surface area contributed by atoms with E-state index in [-0.39, 0.29) is 11.6 Å². The van der Waals surface area contributed by atoms with Gasteiger partial charge in [0.05, 0.1) is 0 Å². The van der Waals surface area contributed by atoms with Crippen LogP contribution in [0, 0.1) is 82.9 Å². The number of benzene rings is 19. The first-order valence-electron chi connectivity index (χ1n) is 48.8. The van der Waals surface area contributed by atoms with E-state index in [4.69, 9.17) is 9.47 Å². The zero-order valence-corrected chi connectivity index (χ0v) is 79.8. The molecule has 19 aromatic carbocycles. The highest BCUT2D eigenvalue weighted by molar-refractivity contribution is 6.60. The zero-order valence-electron chi connectivity index (χ0n) is 79.8. The lowest BCUT2D eigenvalue weighted by Gasteiger charge is -2.16. The second kappa shape index (κ2) is 43.1. The van der Waals surface area contributed by atoms with E-state index >= 15 is 9.59 Å². The molecule has 3 aliphatic carbocycles. The summed E-state index contributed by atoms with van der Waals surface area (Å²) in [4.78, 5) is 32.2. The summed E-state index contributed by atoms with van der Waals surface area (Å²) >= 11 is 0. The topological polar surface area (TPSA) is 52.6 Å². The Bertz CT molecular complexity index is 8940. The van der Waals surface area contributed by atoms with Crippen LogP contribution >= 0.6 is 0 Å². The van der Waals surface area contributed by atoms with Crippen LogP contribution in [0.3, 0.4) is 0 Å². The lowest BCUT2D eigenvalue weighted by molar-refractivity contribution is -0.109. The Morgan fingerprint density at radius 1 is 0.122 bits per heavy atom. The smallest absolute Gasteiger partial charge is 0.195 e. The summed E-state index contributed by atoms with van der Waals surface area (Å²) in [5, 5.41) is 0. The third kappa shape index (κ3) is 21.2. The largest absolute Gasteiger partial charge is 0.457 e. The van der Waals surface area contributed by atoms with Crippen molar-refractivity contribution in [2.75, 3.05) is 0 Å². The molecule has 4 heteroatoms. The number of rotatable bonds is 16. The predicted octanol–water partition coefficient (Wildman–Crippen LogP) is 31.2. The molecule has 0 fully saturated rings. The van der Waals surface area contributed by atoms with Crippen LogP contribution in [0.25, 0.3) is 66.9 Å². The maximum atomic E-state index is 16.2. The molecular formula is C143H86O4. The van der Waals surface area contributed by atoms with Crippen LogP contribution in [0.4, 0.5) is 0 Å². The molecule has 3 aliphatic rings. The molecule has 0 bridgehead atoms. The third-order valence-corrected chi connectivity index (χ3v) is 25.9. The molecule has 0 unspecified atom stereocenters. The Balaban J connectivity index is 0.605. The minimum Gasteiger partial charge on any atom is -0.457 e. The Morgan fingerprint density at radius 3 is 0.429 bits per heavy atom. The fourth-order valence-corrected chi connectivity index (χ4v) is 18.7. The van der Waals surface area contributed by atoms with E-state index in [1.165, 1.54) is 11.1 Å². The van der Waals surface area contributed by atoms with Crippen molar-refractivity contribution in [1.29, 1.82) is 0 Å². The van der Waals surface area contributed by atoms with Crippen LogP contribution in [-0.2, 0) is 9.59 Å². The van der Waals surface area contributed by atoms with Gasteiger partial charge in [-0.2, -0.15) is 0 Å². The van der Waals surface area contributed by atoms with Gasteiger partial charge < -0.3 is 9.47 Å². The van der Waals surface area contributed by atoms with Crippen LogP contribution in [0.15, 0.2) is 510 Å². The van der Waals surface area contributed by atoms with Gasteiger partial charge in [0.1, 0.15) is 23.0 Å². The highest BCUT2D eigenvalue weighted by Gasteiger charge is 2.38. The van der Waals surface area contributed by atoms with Crippen LogP contribution < -0.4 is 9.47 Å². The zero-order chi connectivity index (χ0) is 98.8. The Kier molecular flexibility index (Phi) is 26.8. The molecule has 0 saturated heterocycles. The molecule has 0 aromatic heterocycles. The van der Waals surface area contributed by atoms with Gasteiger partial charge in [0.15, 0.2) is 11.6 Å². The molecule has 0 N–H and O–H groups in total. The molecule has 4 nitrogen and oxygen atoms in total. The molecule has 19 aromatic rings. The van der Waals surface area contributed by atoms with Crippen molar-refractivity contribution in [3.8, 4) is 106 Å². The molecule has 0 saturated carbocycles. The lowest BCUT2D eigenvalue weighted by Crippen LogP contribution is -2.02. The molecule has 0 heterocycles. The monoisotopic (exact) mass is 1870 g/mol. The lowest BCUT2D eigenvalue weighted by atomic mass is 9.88. The number of carbonyl (C=O) groups excluding carboxylic acids is 2. The Hall–Kier alpha value is -20.5. The summed E-state index contributed by atoms with van der Waals surface area (Å²) in [6, 6.07) is 170. The molecule has 0 aliphatic heterocycles. The number of hydrogen-bond acceptors (Lipinski definition) is 4.